The second-order valence-corrected chi connectivity index (χ2v) is 5.03. The van der Waals surface area contributed by atoms with E-state index in [1.165, 1.54) is 22.5 Å². The van der Waals surface area contributed by atoms with Gasteiger partial charge in [-0.3, -0.25) is 0 Å². The number of nitrogens with zero attached hydrogens (tertiary/aromatic N) is 1. The number of hydrogen-bond donors (Lipinski definition) is 0. The van der Waals surface area contributed by atoms with Crippen molar-refractivity contribution in [2.75, 3.05) is 0 Å². The Morgan fingerprint density at radius 2 is 1.65 bits per heavy atom. The lowest BCUT2D eigenvalue weighted by Gasteiger charge is -2.16. The molecule has 0 saturated heterocycles. The fraction of sp³-hybridized carbons (Fsp3) is 0.111. The summed E-state index contributed by atoms with van der Waals surface area (Å²) in [5.41, 5.74) is 4.82. The number of benzene rings is 2. The molecule has 20 heavy (non-hydrogen) atoms. The summed E-state index contributed by atoms with van der Waals surface area (Å²) in [6.45, 7) is 0.636. The fourth-order valence-corrected chi connectivity index (χ4v) is 2.85. The second-order valence-electron chi connectivity index (χ2n) is 5.03. The van der Waals surface area contributed by atoms with Crippen molar-refractivity contribution in [3.8, 4) is 5.69 Å². The maximum Gasteiger partial charge on any atom is 0.123 e. The minimum atomic E-state index is -0.0152. The summed E-state index contributed by atoms with van der Waals surface area (Å²) in [6.07, 6.45) is 2.09. The van der Waals surface area contributed by atoms with Gasteiger partial charge in [-0.05, 0) is 23.8 Å². The summed E-state index contributed by atoms with van der Waals surface area (Å²) in [7, 11) is 0. The van der Waals surface area contributed by atoms with Crippen LogP contribution in [0.1, 0.15) is 22.9 Å². The van der Waals surface area contributed by atoms with E-state index in [0.717, 1.165) is 0 Å². The van der Waals surface area contributed by atoms with E-state index in [1.54, 1.807) is 0 Å². The van der Waals surface area contributed by atoms with Crippen molar-refractivity contribution in [1.29, 1.82) is 0 Å². The largest absolute Gasteiger partial charge is 0.362 e. The molecule has 0 bridgehead atoms. The van der Waals surface area contributed by atoms with Crippen LogP contribution in [0.5, 0.6) is 0 Å². The van der Waals surface area contributed by atoms with Crippen LogP contribution in [0.4, 0.5) is 0 Å². The van der Waals surface area contributed by atoms with Crippen LogP contribution in [0, 0.1) is 0 Å². The number of fused-ring (bicyclic) bond motifs is 3. The first-order valence-corrected chi connectivity index (χ1v) is 6.85. The van der Waals surface area contributed by atoms with E-state index in [1.807, 2.05) is 6.07 Å². The van der Waals surface area contributed by atoms with Crippen molar-refractivity contribution in [3.63, 3.8) is 0 Å². The van der Waals surface area contributed by atoms with E-state index in [0.29, 0.717) is 6.61 Å². The second kappa shape index (κ2) is 4.66. The highest BCUT2D eigenvalue weighted by Gasteiger charge is 2.23. The topological polar surface area (TPSA) is 14.2 Å². The van der Waals surface area contributed by atoms with Crippen LogP contribution in [0.15, 0.2) is 72.9 Å². The third-order valence-electron chi connectivity index (χ3n) is 3.81. The van der Waals surface area contributed by atoms with Gasteiger partial charge in [-0.15, -0.1) is 0 Å². The average molecular weight is 261 g/mol. The molecule has 0 unspecified atom stereocenters. The molecule has 2 aromatic carbocycles. The smallest absolute Gasteiger partial charge is 0.123 e. The Kier molecular flexibility index (Phi) is 2.68. The summed E-state index contributed by atoms with van der Waals surface area (Å²) in [5.74, 6) is 0. The Hall–Kier alpha value is -2.32. The summed E-state index contributed by atoms with van der Waals surface area (Å²) in [5, 5.41) is 0. The predicted octanol–water partition coefficient (Wildman–Crippen LogP) is 4.10. The quantitative estimate of drug-likeness (QED) is 0.643. The van der Waals surface area contributed by atoms with Crippen LogP contribution >= 0.6 is 0 Å². The summed E-state index contributed by atoms with van der Waals surface area (Å²) in [6, 6.07) is 23.0. The highest BCUT2D eigenvalue weighted by atomic mass is 16.5. The molecule has 3 aromatic rings. The van der Waals surface area contributed by atoms with Gasteiger partial charge in [0.25, 0.3) is 0 Å². The Morgan fingerprint density at radius 1 is 0.850 bits per heavy atom. The first kappa shape index (κ1) is 11.5. The van der Waals surface area contributed by atoms with E-state index < -0.39 is 0 Å². The Bertz CT molecular complexity index is 730. The van der Waals surface area contributed by atoms with Gasteiger partial charge < -0.3 is 9.30 Å². The molecule has 0 amide bonds. The SMILES string of the molecule is c1ccc([C@@H]2OCc3ccccc3-n3cccc32)cc1. The van der Waals surface area contributed by atoms with E-state index in [-0.39, 0.29) is 6.10 Å². The molecule has 2 nitrogen and oxygen atoms in total. The summed E-state index contributed by atoms with van der Waals surface area (Å²) in [4.78, 5) is 0. The molecule has 0 fully saturated rings. The van der Waals surface area contributed by atoms with Crippen molar-refractivity contribution in [3.05, 3.63) is 89.7 Å². The number of hydrogen-bond acceptors (Lipinski definition) is 1. The van der Waals surface area contributed by atoms with Gasteiger partial charge >= 0.3 is 0 Å². The van der Waals surface area contributed by atoms with Crippen molar-refractivity contribution in [2.45, 2.75) is 12.7 Å². The molecule has 0 radical (unpaired) electrons. The van der Waals surface area contributed by atoms with E-state index in [2.05, 4.69) is 71.4 Å². The minimum absolute atomic E-state index is 0.0152. The maximum atomic E-state index is 6.18. The number of ether oxygens (including phenoxy) is 1. The third kappa shape index (κ3) is 1.77. The van der Waals surface area contributed by atoms with Gasteiger partial charge in [-0.1, -0.05) is 48.5 Å². The minimum Gasteiger partial charge on any atom is -0.362 e. The van der Waals surface area contributed by atoms with Gasteiger partial charge in [0.05, 0.1) is 18.0 Å². The van der Waals surface area contributed by atoms with Gasteiger partial charge in [-0.2, -0.15) is 0 Å². The average Bonchev–Trinajstić information content (AvgIpc) is 2.93. The Morgan fingerprint density at radius 3 is 2.55 bits per heavy atom. The number of para-hydroxylation sites is 1. The standard InChI is InChI=1S/C18H15NO/c1-2-7-14(8-3-1)18-17-11-6-12-19(17)16-10-5-4-9-15(16)13-20-18/h1-12,18H,13H2/t18-/m0/s1. The maximum absolute atomic E-state index is 6.18. The Balaban J connectivity index is 1.88. The normalized spacial score (nSPS) is 17.1. The molecule has 0 N–H and O–H groups in total. The molecule has 0 spiro atoms. The lowest BCUT2D eigenvalue weighted by Crippen LogP contribution is -2.07. The van der Waals surface area contributed by atoms with Crippen LogP contribution in [0.25, 0.3) is 5.69 Å². The van der Waals surface area contributed by atoms with Crippen molar-refractivity contribution in [1.82, 2.24) is 4.57 Å². The third-order valence-corrected chi connectivity index (χ3v) is 3.81. The van der Waals surface area contributed by atoms with Gasteiger partial charge in [0.2, 0.25) is 0 Å². The molecule has 2 heterocycles. The van der Waals surface area contributed by atoms with Gasteiger partial charge in [-0.25, -0.2) is 0 Å². The van der Waals surface area contributed by atoms with Crippen molar-refractivity contribution >= 4 is 0 Å². The molecule has 4 rings (SSSR count). The summed E-state index contributed by atoms with van der Waals surface area (Å²) < 4.78 is 8.42. The zero-order valence-corrected chi connectivity index (χ0v) is 11.1. The summed E-state index contributed by atoms with van der Waals surface area (Å²) >= 11 is 0. The van der Waals surface area contributed by atoms with E-state index >= 15 is 0 Å². The highest BCUT2D eigenvalue weighted by molar-refractivity contribution is 5.45. The van der Waals surface area contributed by atoms with E-state index in [4.69, 9.17) is 4.74 Å². The molecule has 1 aliphatic rings. The molecule has 1 atom stereocenters. The number of aromatic nitrogens is 1. The fourth-order valence-electron chi connectivity index (χ4n) is 2.85. The molecule has 1 aromatic heterocycles. The first-order valence-electron chi connectivity index (χ1n) is 6.85. The van der Waals surface area contributed by atoms with Gasteiger partial charge in [0, 0.05) is 11.8 Å². The molecule has 2 heteroatoms. The lowest BCUT2D eigenvalue weighted by molar-refractivity contribution is 0.0671. The molecular formula is C18H15NO. The molecule has 98 valence electrons. The van der Waals surface area contributed by atoms with E-state index in [9.17, 15) is 0 Å². The molecular weight excluding hydrogens is 246 g/mol. The molecule has 0 aliphatic carbocycles. The van der Waals surface area contributed by atoms with Crippen molar-refractivity contribution < 1.29 is 4.74 Å². The number of rotatable bonds is 1. The van der Waals surface area contributed by atoms with Crippen LogP contribution < -0.4 is 0 Å². The van der Waals surface area contributed by atoms with Crippen LogP contribution in [0.2, 0.25) is 0 Å². The Labute approximate surface area is 118 Å². The predicted molar refractivity (Wildman–Crippen MR) is 78.8 cm³/mol. The van der Waals surface area contributed by atoms with Gasteiger partial charge in [0.1, 0.15) is 6.10 Å². The lowest BCUT2D eigenvalue weighted by atomic mass is 10.1. The van der Waals surface area contributed by atoms with Crippen LogP contribution in [0.3, 0.4) is 0 Å². The van der Waals surface area contributed by atoms with Gasteiger partial charge in [0.15, 0.2) is 0 Å². The van der Waals surface area contributed by atoms with Crippen LogP contribution in [-0.2, 0) is 11.3 Å². The van der Waals surface area contributed by atoms with Crippen LogP contribution in [-0.4, -0.2) is 4.57 Å². The zero-order chi connectivity index (χ0) is 13.4. The first-order chi connectivity index (χ1) is 9.93. The monoisotopic (exact) mass is 261 g/mol. The molecule has 0 saturated carbocycles. The molecule has 1 aliphatic heterocycles. The highest BCUT2D eigenvalue weighted by Crippen LogP contribution is 2.33. The van der Waals surface area contributed by atoms with Crippen molar-refractivity contribution in [2.24, 2.45) is 0 Å². The zero-order valence-electron chi connectivity index (χ0n) is 11.1.